The Balaban J connectivity index is 1.49. The number of piperidine rings is 1. The number of nitrogens with one attached hydrogen (secondary N) is 2. The van der Waals surface area contributed by atoms with E-state index in [0.717, 1.165) is 18.2 Å². The minimum Gasteiger partial charge on any atom is -0.451 e. The first-order valence-electron chi connectivity index (χ1n) is 8.92. The van der Waals surface area contributed by atoms with E-state index in [2.05, 4.69) is 10.6 Å². The van der Waals surface area contributed by atoms with E-state index in [9.17, 15) is 14.4 Å². The van der Waals surface area contributed by atoms with Crippen molar-refractivity contribution >= 4 is 28.7 Å². The molecule has 7 heteroatoms. The summed E-state index contributed by atoms with van der Waals surface area (Å²) in [5.74, 6) is -0.703. The second-order valence-corrected chi connectivity index (χ2v) is 6.45. The number of furan rings is 1. The number of para-hydroxylation sites is 1. The van der Waals surface area contributed by atoms with Crippen molar-refractivity contribution in [1.82, 2.24) is 15.5 Å². The minimum absolute atomic E-state index is 0.106. The van der Waals surface area contributed by atoms with Gasteiger partial charge in [-0.05, 0) is 37.8 Å². The molecule has 0 radical (unpaired) electrons. The summed E-state index contributed by atoms with van der Waals surface area (Å²) >= 11 is 0. The molecule has 0 atom stereocenters. The number of rotatable bonds is 4. The molecule has 3 amide bonds. The Hall–Kier alpha value is -2.83. The maximum absolute atomic E-state index is 12.6. The van der Waals surface area contributed by atoms with Crippen LogP contribution in [0, 0.1) is 5.92 Å². The standard InChI is InChI=1S/C19H23N3O4/c1-2-20-17(23)18(24)21-12-13-7-9-22(10-8-13)19(25)16-11-14-5-3-4-6-15(14)26-16/h3-6,11,13H,2,7-10,12H2,1H3,(H,20,23)(H,21,24). The number of hydrogen-bond acceptors (Lipinski definition) is 4. The van der Waals surface area contributed by atoms with Crippen molar-refractivity contribution in [3.63, 3.8) is 0 Å². The highest BCUT2D eigenvalue weighted by molar-refractivity contribution is 6.35. The maximum Gasteiger partial charge on any atom is 0.309 e. The molecule has 2 aromatic rings. The van der Waals surface area contributed by atoms with Crippen molar-refractivity contribution in [2.45, 2.75) is 19.8 Å². The number of likely N-dealkylation sites (N-methyl/N-ethyl adjacent to an activating group) is 1. The SMILES string of the molecule is CCNC(=O)C(=O)NCC1CCN(C(=O)c2cc3ccccc3o2)CC1. The molecule has 2 heterocycles. The van der Waals surface area contributed by atoms with E-state index in [1.165, 1.54) is 0 Å². The number of carbonyl (C=O) groups excluding carboxylic acids is 3. The van der Waals surface area contributed by atoms with Crippen LogP contribution >= 0.6 is 0 Å². The number of carbonyl (C=O) groups is 3. The third-order valence-electron chi connectivity index (χ3n) is 4.63. The summed E-state index contributed by atoms with van der Waals surface area (Å²) in [4.78, 5) is 37.4. The lowest BCUT2D eigenvalue weighted by molar-refractivity contribution is -0.139. The number of fused-ring (bicyclic) bond motifs is 1. The van der Waals surface area contributed by atoms with Gasteiger partial charge in [0.05, 0.1) is 0 Å². The zero-order chi connectivity index (χ0) is 18.5. The van der Waals surface area contributed by atoms with Crippen LogP contribution in [0.1, 0.15) is 30.3 Å². The maximum atomic E-state index is 12.6. The number of likely N-dealkylation sites (tertiary alicyclic amines) is 1. The van der Waals surface area contributed by atoms with Crippen molar-refractivity contribution in [3.05, 3.63) is 36.1 Å². The molecule has 0 aliphatic carbocycles. The smallest absolute Gasteiger partial charge is 0.309 e. The first-order chi connectivity index (χ1) is 12.6. The molecule has 3 rings (SSSR count). The van der Waals surface area contributed by atoms with Crippen LogP contribution in [0.3, 0.4) is 0 Å². The average molecular weight is 357 g/mol. The third kappa shape index (κ3) is 4.04. The first kappa shape index (κ1) is 18.0. The van der Waals surface area contributed by atoms with Gasteiger partial charge < -0.3 is 20.0 Å². The largest absolute Gasteiger partial charge is 0.451 e. The van der Waals surface area contributed by atoms with Gasteiger partial charge in [-0.3, -0.25) is 14.4 Å². The fourth-order valence-electron chi connectivity index (χ4n) is 3.14. The van der Waals surface area contributed by atoms with E-state index in [4.69, 9.17) is 4.42 Å². The van der Waals surface area contributed by atoms with E-state index < -0.39 is 11.8 Å². The lowest BCUT2D eigenvalue weighted by Crippen LogP contribution is -2.44. The van der Waals surface area contributed by atoms with Crippen LogP contribution in [-0.2, 0) is 9.59 Å². The first-order valence-corrected chi connectivity index (χ1v) is 8.92. The third-order valence-corrected chi connectivity index (χ3v) is 4.63. The Morgan fingerprint density at radius 3 is 2.50 bits per heavy atom. The molecule has 1 aromatic heterocycles. The monoisotopic (exact) mass is 357 g/mol. The molecule has 2 N–H and O–H groups in total. The van der Waals surface area contributed by atoms with Crippen molar-refractivity contribution in [3.8, 4) is 0 Å². The Morgan fingerprint density at radius 2 is 1.81 bits per heavy atom. The molecule has 1 aliphatic rings. The molecule has 26 heavy (non-hydrogen) atoms. The van der Waals surface area contributed by atoms with Crippen LogP contribution < -0.4 is 10.6 Å². The van der Waals surface area contributed by atoms with Gasteiger partial charge in [0.15, 0.2) is 5.76 Å². The highest BCUT2D eigenvalue weighted by Crippen LogP contribution is 2.23. The highest BCUT2D eigenvalue weighted by atomic mass is 16.3. The predicted molar refractivity (Wildman–Crippen MR) is 96.5 cm³/mol. The Bertz CT molecular complexity index is 773. The zero-order valence-corrected chi connectivity index (χ0v) is 14.8. The summed E-state index contributed by atoms with van der Waals surface area (Å²) in [6, 6.07) is 9.32. The summed E-state index contributed by atoms with van der Waals surface area (Å²) < 4.78 is 5.65. The van der Waals surface area contributed by atoms with Crippen LogP contribution in [0.4, 0.5) is 0 Å². The lowest BCUT2D eigenvalue weighted by Gasteiger charge is -2.31. The number of nitrogens with zero attached hydrogens (tertiary/aromatic N) is 1. The normalized spacial score (nSPS) is 15.0. The second kappa shape index (κ2) is 8.03. The molecule has 0 saturated carbocycles. The molecule has 1 saturated heterocycles. The molecule has 0 spiro atoms. The van der Waals surface area contributed by atoms with Gasteiger partial charge in [-0.15, -0.1) is 0 Å². The van der Waals surface area contributed by atoms with Gasteiger partial charge in [0.1, 0.15) is 5.58 Å². The van der Waals surface area contributed by atoms with Gasteiger partial charge in [-0.2, -0.15) is 0 Å². The predicted octanol–water partition coefficient (Wildman–Crippen LogP) is 1.54. The molecule has 0 bridgehead atoms. The molecule has 1 fully saturated rings. The van der Waals surface area contributed by atoms with Crippen LogP contribution in [0.2, 0.25) is 0 Å². The van der Waals surface area contributed by atoms with Crippen molar-refractivity contribution in [2.75, 3.05) is 26.2 Å². The Kier molecular flexibility index (Phi) is 5.55. The van der Waals surface area contributed by atoms with Crippen molar-refractivity contribution < 1.29 is 18.8 Å². The summed E-state index contributed by atoms with van der Waals surface area (Å²) in [7, 11) is 0. The quantitative estimate of drug-likeness (QED) is 0.812. The van der Waals surface area contributed by atoms with Crippen molar-refractivity contribution in [2.24, 2.45) is 5.92 Å². The van der Waals surface area contributed by atoms with Gasteiger partial charge in [0, 0.05) is 31.6 Å². The van der Waals surface area contributed by atoms with Crippen LogP contribution in [0.15, 0.2) is 34.7 Å². The molecule has 0 unspecified atom stereocenters. The number of benzene rings is 1. The topological polar surface area (TPSA) is 91.7 Å². The summed E-state index contributed by atoms with van der Waals surface area (Å²) in [6.45, 7) is 3.85. The van der Waals surface area contributed by atoms with Gasteiger partial charge in [0.2, 0.25) is 0 Å². The number of hydrogen-bond donors (Lipinski definition) is 2. The Morgan fingerprint density at radius 1 is 1.12 bits per heavy atom. The average Bonchev–Trinajstić information content (AvgIpc) is 3.10. The van der Waals surface area contributed by atoms with E-state index in [0.29, 0.717) is 37.5 Å². The van der Waals surface area contributed by atoms with Gasteiger partial charge in [-0.25, -0.2) is 0 Å². The van der Waals surface area contributed by atoms with E-state index in [-0.39, 0.29) is 11.8 Å². The van der Waals surface area contributed by atoms with Crippen LogP contribution in [-0.4, -0.2) is 48.8 Å². The fourth-order valence-corrected chi connectivity index (χ4v) is 3.14. The second-order valence-electron chi connectivity index (χ2n) is 6.45. The van der Waals surface area contributed by atoms with Gasteiger partial charge in [0.25, 0.3) is 5.91 Å². The molecule has 7 nitrogen and oxygen atoms in total. The van der Waals surface area contributed by atoms with E-state index >= 15 is 0 Å². The molecule has 138 valence electrons. The van der Waals surface area contributed by atoms with Crippen LogP contribution in [0.5, 0.6) is 0 Å². The fraction of sp³-hybridized carbons (Fsp3) is 0.421. The summed E-state index contributed by atoms with van der Waals surface area (Å²) in [5, 5.41) is 6.04. The molecular weight excluding hydrogens is 334 g/mol. The van der Waals surface area contributed by atoms with Gasteiger partial charge in [-0.1, -0.05) is 18.2 Å². The van der Waals surface area contributed by atoms with E-state index in [1.807, 2.05) is 24.3 Å². The molecule has 1 aromatic carbocycles. The number of amides is 3. The van der Waals surface area contributed by atoms with Gasteiger partial charge >= 0.3 is 11.8 Å². The zero-order valence-electron chi connectivity index (χ0n) is 14.8. The van der Waals surface area contributed by atoms with Crippen LogP contribution in [0.25, 0.3) is 11.0 Å². The Labute approximate surface area is 151 Å². The highest BCUT2D eigenvalue weighted by Gasteiger charge is 2.26. The summed E-state index contributed by atoms with van der Waals surface area (Å²) in [6.07, 6.45) is 1.56. The summed E-state index contributed by atoms with van der Waals surface area (Å²) in [5.41, 5.74) is 0.707. The van der Waals surface area contributed by atoms with E-state index in [1.54, 1.807) is 17.9 Å². The van der Waals surface area contributed by atoms with Crippen molar-refractivity contribution in [1.29, 1.82) is 0 Å². The molecular formula is C19H23N3O4. The molecule has 1 aliphatic heterocycles. The lowest BCUT2D eigenvalue weighted by atomic mass is 9.96. The minimum atomic E-state index is -0.606.